The molecule has 2 saturated heterocycles. The molecule has 6 nitrogen and oxygen atoms in total. The van der Waals surface area contributed by atoms with Crippen LogP contribution in [-0.2, 0) is 19.1 Å². The number of hydrogen-bond donors (Lipinski definition) is 0. The fourth-order valence-corrected chi connectivity index (χ4v) is 4.99. The molecule has 0 unspecified atom stereocenters. The molecule has 0 bridgehead atoms. The number of carbonyl (C=O) groups excluding carboxylic acids is 1. The molecular weight excluding hydrogens is 431 g/mol. The second-order valence-electron chi connectivity index (χ2n) is 9.07. The monoisotopic (exact) mass is 459 g/mol. The van der Waals surface area contributed by atoms with Gasteiger partial charge in [-0.1, -0.05) is 6.07 Å². The Morgan fingerprint density at radius 3 is 2.30 bits per heavy atom. The normalized spacial score (nSPS) is 19.1. The molecule has 1 amide bonds. The van der Waals surface area contributed by atoms with Gasteiger partial charge < -0.3 is 14.7 Å². The molecule has 1 aromatic carbocycles. The maximum atomic E-state index is 13.1. The van der Waals surface area contributed by atoms with E-state index in [2.05, 4.69) is 9.80 Å². The maximum Gasteiger partial charge on any atom is 0.416 e. The van der Waals surface area contributed by atoms with Crippen molar-refractivity contribution in [1.82, 2.24) is 14.9 Å². The van der Waals surface area contributed by atoms with Gasteiger partial charge in [0.15, 0.2) is 0 Å². The molecule has 9 heteroatoms. The van der Waals surface area contributed by atoms with E-state index in [1.807, 2.05) is 0 Å². The van der Waals surface area contributed by atoms with Crippen LogP contribution in [0.2, 0.25) is 0 Å². The van der Waals surface area contributed by atoms with E-state index in [1.165, 1.54) is 18.6 Å². The van der Waals surface area contributed by atoms with E-state index < -0.39 is 11.7 Å². The third kappa shape index (κ3) is 4.50. The van der Waals surface area contributed by atoms with Gasteiger partial charge in [-0.05, 0) is 50.3 Å². The molecule has 0 spiro atoms. The van der Waals surface area contributed by atoms with Crippen LogP contribution in [0, 0.1) is 0 Å². The van der Waals surface area contributed by atoms with Crippen molar-refractivity contribution in [3.05, 3.63) is 46.6 Å². The van der Waals surface area contributed by atoms with Crippen LogP contribution in [0.1, 0.15) is 59.3 Å². The van der Waals surface area contributed by atoms with E-state index in [4.69, 9.17) is 9.97 Å². The molecular formula is C24H28F3N5O. The van der Waals surface area contributed by atoms with Crippen LogP contribution in [0.15, 0.2) is 24.3 Å². The first-order valence-electron chi connectivity index (χ1n) is 11.8. The van der Waals surface area contributed by atoms with Crippen molar-refractivity contribution in [2.75, 3.05) is 42.5 Å². The number of benzene rings is 1. The van der Waals surface area contributed by atoms with Crippen LogP contribution in [0.4, 0.5) is 24.9 Å². The lowest BCUT2D eigenvalue weighted by atomic mass is 10.0. The first-order valence-corrected chi connectivity index (χ1v) is 11.8. The Bertz CT molecular complexity index is 1030. The quantitative estimate of drug-likeness (QED) is 0.686. The van der Waals surface area contributed by atoms with Gasteiger partial charge in [-0.15, -0.1) is 0 Å². The highest BCUT2D eigenvalue weighted by atomic mass is 19.4. The molecule has 33 heavy (non-hydrogen) atoms. The molecule has 2 aromatic rings. The zero-order valence-corrected chi connectivity index (χ0v) is 18.6. The van der Waals surface area contributed by atoms with Crippen molar-refractivity contribution < 1.29 is 18.0 Å². The maximum absolute atomic E-state index is 13.1. The van der Waals surface area contributed by atoms with Crippen molar-refractivity contribution >= 4 is 17.7 Å². The number of alkyl halides is 3. The summed E-state index contributed by atoms with van der Waals surface area (Å²) in [6, 6.07) is 4.67. The molecule has 1 aromatic heterocycles. The standard InChI is InChI=1S/C24H28F3N5O/c25-24(26,27)18-8-6-7-17(15-18)22(33)32-14-9-20-19(16-32)21(30-10-2-1-3-11-30)29-23(28-20)31-12-4-5-13-31/h6-8,15H,1-5,9-14,16H2. The Kier molecular flexibility index (Phi) is 5.88. The number of fused-ring (bicyclic) bond motifs is 1. The number of anilines is 2. The Morgan fingerprint density at radius 1 is 0.879 bits per heavy atom. The molecule has 0 aliphatic carbocycles. The predicted molar refractivity (Wildman–Crippen MR) is 119 cm³/mol. The van der Waals surface area contributed by atoms with Gasteiger partial charge in [-0.25, -0.2) is 4.98 Å². The van der Waals surface area contributed by atoms with Crippen LogP contribution in [0.3, 0.4) is 0 Å². The number of piperidine rings is 1. The average molecular weight is 460 g/mol. The van der Waals surface area contributed by atoms with Crippen molar-refractivity contribution in [3.63, 3.8) is 0 Å². The lowest BCUT2D eigenvalue weighted by Crippen LogP contribution is -2.39. The van der Waals surface area contributed by atoms with Gasteiger partial charge in [0.2, 0.25) is 5.95 Å². The lowest BCUT2D eigenvalue weighted by Gasteiger charge is -2.35. The van der Waals surface area contributed by atoms with Crippen LogP contribution < -0.4 is 9.80 Å². The summed E-state index contributed by atoms with van der Waals surface area (Å²) in [5, 5.41) is 0. The second kappa shape index (κ2) is 8.83. The van der Waals surface area contributed by atoms with E-state index in [1.54, 1.807) is 4.90 Å². The minimum absolute atomic E-state index is 0.0578. The largest absolute Gasteiger partial charge is 0.416 e. The molecule has 0 atom stereocenters. The third-order valence-electron chi connectivity index (χ3n) is 6.80. The first-order chi connectivity index (χ1) is 15.9. The van der Waals surface area contributed by atoms with Crippen LogP contribution in [-0.4, -0.2) is 53.5 Å². The number of nitrogens with zero attached hydrogens (tertiary/aromatic N) is 5. The van der Waals surface area contributed by atoms with Gasteiger partial charge in [0.25, 0.3) is 5.91 Å². The predicted octanol–water partition coefficient (Wildman–Crippen LogP) is 4.28. The van der Waals surface area contributed by atoms with Crippen molar-refractivity contribution in [2.45, 2.75) is 51.2 Å². The summed E-state index contributed by atoms with van der Waals surface area (Å²) >= 11 is 0. The Morgan fingerprint density at radius 2 is 1.58 bits per heavy atom. The highest BCUT2D eigenvalue weighted by molar-refractivity contribution is 5.94. The lowest BCUT2D eigenvalue weighted by molar-refractivity contribution is -0.137. The fraction of sp³-hybridized carbons (Fsp3) is 0.542. The highest BCUT2D eigenvalue weighted by Gasteiger charge is 2.33. The summed E-state index contributed by atoms with van der Waals surface area (Å²) < 4.78 is 39.4. The molecule has 2 fully saturated rings. The fourth-order valence-electron chi connectivity index (χ4n) is 4.99. The van der Waals surface area contributed by atoms with E-state index in [9.17, 15) is 18.0 Å². The van der Waals surface area contributed by atoms with Crippen LogP contribution in [0.5, 0.6) is 0 Å². The van der Waals surface area contributed by atoms with Gasteiger partial charge in [-0.3, -0.25) is 4.79 Å². The van der Waals surface area contributed by atoms with Crippen LogP contribution >= 0.6 is 0 Å². The SMILES string of the molecule is O=C(c1cccc(C(F)(F)F)c1)N1CCc2nc(N3CCCC3)nc(N3CCCCC3)c2C1. The number of hydrogen-bond acceptors (Lipinski definition) is 5. The van der Waals surface area contributed by atoms with Gasteiger partial charge in [0, 0.05) is 50.3 Å². The molecule has 176 valence electrons. The van der Waals surface area contributed by atoms with E-state index in [-0.39, 0.29) is 11.5 Å². The third-order valence-corrected chi connectivity index (χ3v) is 6.80. The molecule has 0 saturated carbocycles. The molecule has 5 rings (SSSR count). The van der Waals surface area contributed by atoms with Gasteiger partial charge in [0.05, 0.1) is 17.8 Å². The Balaban J connectivity index is 1.45. The zero-order chi connectivity index (χ0) is 23.0. The van der Waals surface area contributed by atoms with Gasteiger partial charge in [-0.2, -0.15) is 18.2 Å². The summed E-state index contributed by atoms with van der Waals surface area (Å²) in [5.74, 6) is 1.27. The summed E-state index contributed by atoms with van der Waals surface area (Å²) in [4.78, 5) is 29.1. The Labute approximate surface area is 191 Å². The van der Waals surface area contributed by atoms with Crippen molar-refractivity contribution in [2.24, 2.45) is 0 Å². The number of carbonyl (C=O) groups is 1. The van der Waals surface area contributed by atoms with Gasteiger partial charge >= 0.3 is 6.18 Å². The second-order valence-corrected chi connectivity index (χ2v) is 9.07. The van der Waals surface area contributed by atoms with E-state index >= 15 is 0 Å². The summed E-state index contributed by atoms with van der Waals surface area (Å²) in [6.45, 7) is 4.50. The number of halogens is 3. The summed E-state index contributed by atoms with van der Waals surface area (Å²) in [5.41, 5.74) is 1.15. The van der Waals surface area contributed by atoms with Gasteiger partial charge in [0.1, 0.15) is 5.82 Å². The Hall–Kier alpha value is -2.84. The van der Waals surface area contributed by atoms with Crippen LogP contribution in [0.25, 0.3) is 0 Å². The topological polar surface area (TPSA) is 52.6 Å². The number of rotatable bonds is 3. The van der Waals surface area contributed by atoms with Crippen molar-refractivity contribution in [1.29, 1.82) is 0 Å². The number of amides is 1. The van der Waals surface area contributed by atoms with E-state index in [0.29, 0.717) is 19.5 Å². The molecule has 3 aliphatic rings. The smallest absolute Gasteiger partial charge is 0.356 e. The summed E-state index contributed by atoms with van der Waals surface area (Å²) in [6.07, 6.45) is 1.77. The summed E-state index contributed by atoms with van der Waals surface area (Å²) in [7, 11) is 0. The molecule has 0 radical (unpaired) electrons. The van der Waals surface area contributed by atoms with Crippen molar-refractivity contribution in [3.8, 4) is 0 Å². The molecule has 0 N–H and O–H groups in total. The highest BCUT2D eigenvalue weighted by Crippen LogP contribution is 2.33. The average Bonchev–Trinajstić information content (AvgIpc) is 3.38. The minimum atomic E-state index is -4.48. The minimum Gasteiger partial charge on any atom is -0.356 e. The number of aromatic nitrogens is 2. The first kappa shape index (κ1) is 22.0. The molecule has 4 heterocycles. The van der Waals surface area contributed by atoms with E-state index in [0.717, 1.165) is 87.0 Å². The molecule has 3 aliphatic heterocycles. The zero-order valence-electron chi connectivity index (χ0n) is 18.6.